The van der Waals surface area contributed by atoms with Crippen LogP contribution in [-0.4, -0.2) is 31.6 Å². The van der Waals surface area contributed by atoms with E-state index in [1.807, 2.05) is 0 Å². The van der Waals surface area contributed by atoms with E-state index in [0.717, 1.165) is 13.0 Å². The maximum absolute atomic E-state index is 12.0. The molecule has 1 aromatic rings. The number of hydrogen-bond acceptors (Lipinski definition) is 3. The molecule has 4 fully saturated rings. The van der Waals surface area contributed by atoms with Crippen molar-refractivity contribution in [3.05, 3.63) is 29.8 Å². The third-order valence-electron chi connectivity index (χ3n) is 8.55. The minimum atomic E-state index is 0.108. The molecule has 4 heteroatoms. The highest BCUT2D eigenvalue weighted by Gasteiger charge is 2.68. The zero-order valence-electron chi connectivity index (χ0n) is 17.5. The summed E-state index contributed by atoms with van der Waals surface area (Å²) in [6.07, 6.45) is 6.31. The lowest BCUT2D eigenvalue weighted by Gasteiger charge is -2.53. The van der Waals surface area contributed by atoms with Gasteiger partial charge in [0, 0.05) is 38.3 Å². The molecule has 28 heavy (non-hydrogen) atoms. The zero-order chi connectivity index (χ0) is 19.5. The lowest BCUT2D eigenvalue weighted by Crippen LogP contribution is -2.58. The van der Waals surface area contributed by atoms with Crippen molar-refractivity contribution >= 4 is 11.6 Å². The maximum atomic E-state index is 12.0. The molecule has 1 amide bonds. The molecule has 2 saturated carbocycles. The van der Waals surface area contributed by atoms with Gasteiger partial charge in [0.15, 0.2) is 0 Å². The van der Waals surface area contributed by atoms with Crippen LogP contribution >= 0.6 is 0 Å². The number of benzene rings is 1. The fourth-order valence-corrected chi connectivity index (χ4v) is 7.17. The molecule has 2 bridgehead atoms. The molecule has 5 atom stereocenters. The molecule has 2 saturated heterocycles. The van der Waals surface area contributed by atoms with Gasteiger partial charge < -0.3 is 15.0 Å². The fourth-order valence-electron chi connectivity index (χ4n) is 7.17. The number of anilines is 1. The highest BCUT2D eigenvalue weighted by Crippen LogP contribution is 2.70. The molecule has 2 aliphatic carbocycles. The lowest BCUT2D eigenvalue weighted by atomic mass is 9.59. The van der Waals surface area contributed by atoms with E-state index in [0.29, 0.717) is 11.8 Å². The minimum absolute atomic E-state index is 0.108. The van der Waals surface area contributed by atoms with E-state index in [2.05, 4.69) is 48.3 Å². The monoisotopic (exact) mass is 382 g/mol. The molecular formula is C24H34N2O2. The molecule has 152 valence electrons. The van der Waals surface area contributed by atoms with Gasteiger partial charge >= 0.3 is 0 Å². The van der Waals surface area contributed by atoms with Gasteiger partial charge in [0.05, 0.1) is 6.10 Å². The Labute approximate surface area is 169 Å². The quantitative estimate of drug-likeness (QED) is 0.847. The van der Waals surface area contributed by atoms with Gasteiger partial charge in [0.2, 0.25) is 5.91 Å². The van der Waals surface area contributed by atoms with Gasteiger partial charge in [0.25, 0.3) is 0 Å². The smallest absolute Gasteiger partial charge is 0.217 e. The van der Waals surface area contributed by atoms with E-state index < -0.39 is 0 Å². The van der Waals surface area contributed by atoms with Crippen molar-refractivity contribution in [2.75, 3.05) is 24.6 Å². The second-order valence-electron chi connectivity index (χ2n) is 10.3. The molecule has 2 heterocycles. The predicted molar refractivity (Wildman–Crippen MR) is 111 cm³/mol. The molecule has 0 radical (unpaired) electrons. The van der Waals surface area contributed by atoms with Gasteiger partial charge in [-0.2, -0.15) is 0 Å². The average Bonchev–Trinajstić information content (AvgIpc) is 3.37. The van der Waals surface area contributed by atoms with Crippen LogP contribution in [0.15, 0.2) is 24.3 Å². The molecule has 4 nitrogen and oxygen atoms in total. The van der Waals surface area contributed by atoms with Crippen LogP contribution in [0.3, 0.4) is 0 Å². The van der Waals surface area contributed by atoms with Crippen molar-refractivity contribution in [3.63, 3.8) is 0 Å². The Bertz CT molecular complexity index is 752. The SMILES string of the molecule is CC(=O)N[C@@H]1C(C)(C)[C@@H]2C[C@@H]3[C@@H](c4ccc(N5CCCC5)cc4)OCCC31C2. The molecule has 5 rings (SSSR count). The number of ether oxygens (including phenoxy) is 1. The van der Waals surface area contributed by atoms with E-state index in [4.69, 9.17) is 4.74 Å². The summed E-state index contributed by atoms with van der Waals surface area (Å²) in [4.78, 5) is 14.5. The highest BCUT2D eigenvalue weighted by molar-refractivity contribution is 5.73. The number of hydrogen-bond donors (Lipinski definition) is 1. The number of rotatable bonds is 3. The highest BCUT2D eigenvalue weighted by atomic mass is 16.5. The molecule has 1 spiro atoms. The lowest BCUT2D eigenvalue weighted by molar-refractivity contribution is -0.135. The number of amides is 1. The second kappa shape index (κ2) is 6.48. The summed E-state index contributed by atoms with van der Waals surface area (Å²) in [5.41, 5.74) is 3.02. The van der Waals surface area contributed by atoms with Gasteiger partial charge in [-0.3, -0.25) is 4.79 Å². The van der Waals surface area contributed by atoms with Crippen LogP contribution in [0.25, 0.3) is 0 Å². The summed E-state index contributed by atoms with van der Waals surface area (Å²) in [6.45, 7) is 9.55. The third kappa shape index (κ3) is 2.63. The Balaban J connectivity index is 1.43. The number of nitrogens with zero attached hydrogens (tertiary/aromatic N) is 1. The van der Waals surface area contributed by atoms with Crippen molar-refractivity contribution in [2.45, 2.75) is 65.0 Å². The largest absolute Gasteiger partial charge is 0.373 e. The Morgan fingerprint density at radius 3 is 2.57 bits per heavy atom. The first-order valence-electron chi connectivity index (χ1n) is 11.2. The number of carbonyl (C=O) groups excluding carboxylic acids is 1. The van der Waals surface area contributed by atoms with E-state index in [1.54, 1.807) is 6.92 Å². The first-order valence-corrected chi connectivity index (χ1v) is 11.2. The van der Waals surface area contributed by atoms with Crippen LogP contribution in [0.1, 0.15) is 64.5 Å². The van der Waals surface area contributed by atoms with Gasteiger partial charge in [-0.05, 0) is 72.5 Å². The van der Waals surface area contributed by atoms with Crippen LogP contribution in [0.4, 0.5) is 5.69 Å². The second-order valence-corrected chi connectivity index (χ2v) is 10.3. The molecule has 1 aromatic carbocycles. The van der Waals surface area contributed by atoms with Crippen LogP contribution in [0.5, 0.6) is 0 Å². The standard InChI is InChI=1S/C24H34N2O2/c1-16(27)25-22-23(2,3)18-14-20-21(28-13-10-24(20,22)15-18)17-6-8-19(9-7-17)26-11-4-5-12-26/h6-9,18,20-22H,4-5,10-15H2,1-3H3,(H,25,27)/t18-,20-,21-,22-,24?/m1/s1. The Morgan fingerprint density at radius 2 is 1.89 bits per heavy atom. The van der Waals surface area contributed by atoms with Crippen molar-refractivity contribution in [1.82, 2.24) is 5.32 Å². The van der Waals surface area contributed by atoms with Gasteiger partial charge in [0.1, 0.15) is 0 Å². The van der Waals surface area contributed by atoms with Crippen LogP contribution in [0, 0.1) is 22.7 Å². The maximum Gasteiger partial charge on any atom is 0.217 e. The third-order valence-corrected chi connectivity index (χ3v) is 8.55. The van der Waals surface area contributed by atoms with E-state index in [-0.39, 0.29) is 28.9 Å². The van der Waals surface area contributed by atoms with E-state index in [9.17, 15) is 4.79 Å². The zero-order valence-corrected chi connectivity index (χ0v) is 17.5. The minimum Gasteiger partial charge on any atom is -0.373 e. The molecule has 2 aliphatic heterocycles. The van der Waals surface area contributed by atoms with Crippen molar-refractivity contribution in [3.8, 4) is 0 Å². The van der Waals surface area contributed by atoms with Crippen molar-refractivity contribution in [2.24, 2.45) is 22.7 Å². The first-order chi connectivity index (χ1) is 13.4. The van der Waals surface area contributed by atoms with Crippen LogP contribution in [0.2, 0.25) is 0 Å². The Hall–Kier alpha value is -1.55. The number of carbonyl (C=O) groups is 1. The summed E-state index contributed by atoms with van der Waals surface area (Å²) in [5, 5.41) is 3.37. The number of nitrogens with one attached hydrogen (secondary N) is 1. The fraction of sp³-hybridized carbons (Fsp3) is 0.708. The first kappa shape index (κ1) is 18.5. The number of fused-ring (bicyclic) bond motifs is 1. The summed E-state index contributed by atoms with van der Waals surface area (Å²) in [5.74, 6) is 1.29. The molecule has 4 aliphatic rings. The molecule has 0 aromatic heterocycles. The normalized spacial score (nSPS) is 38.5. The summed E-state index contributed by atoms with van der Waals surface area (Å²) in [7, 11) is 0. The Kier molecular flexibility index (Phi) is 4.28. The molecule has 1 N–H and O–H groups in total. The van der Waals surface area contributed by atoms with E-state index in [1.165, 1.54) is 50.0 Å². The van der Waals surface area contributed by atoms with Crippen LogP contribution < -0.4 is 10.2 Å². The average molecular weight is 383 g/mol. The molecule has 1 unspecified atom stereocenters. The summed E-state index contributed by atoms with van der Waals surface area (Å²) < 4.78 is 6.39. The van der Waals surface area contributed by atoms with Crippen LogP contribution in [-0.2, 0) is 9.53 Å². The van der Waals surface area contributed by atoms with Gasteiger partial charge in [-0.25, -0.2) is 0 Å². The summed E-state index contributed by atoms with van der Waals surface area (Å²) >= 11 is 0. The van der Waals surface area contributed by atoms with Gasteiger partial charge in [-0.1, -0.05) is 26.0 Å². The summed E-state index contributed by atoms with van der Waals surface area (Å²) in [6, 6.07) is 9.42. The van der Waals surface area contributed by atoms with Crippen molar-refractivity contribution in [1.29, 1.82) is 0 Å². The van der Waals surface area contributed by atoms with Crippen molar-refractivity contribution < 1.29 is 9.53 Å². The molecular weight excluding hydrogens is 348 g/mol. The predicted octanol–water partition coefficient (Wildman–Crippen LogP) is 4.31. The topological polar surface area (TPSA) is 41.6 Å². The Morgan fingerprint density at radius 1 is 1.18 bits per heavy atom. The van der Waals surface area contributed by atoms with E-state index >= 15 is 0 Å². The van der Waals surface area contributed by atoms with Gasteiger partial charge in [-0.15, -0.1) is 0 Å².